The average Bonchev–Trinajstić information content (AvgIpc) is 3.00. The lowest BCUT2D eigenvalue weighted by Gasteiger charge is -2.16. The molecule has 1 aliphatic heterocycles. The number of carbonyl (C=O) groups is 1. The molecule has 1 aromatic carbocycles. The number of aromatic nitrogens is 2. The van der Waals surface area contributed by atoms with Crippen LogP contribution in [-0.4, -0.2) is 27.5 Å². The number of nitrogens with zero attached hydrogens (tertiary/aromatic N) is 3. The van der Waals surface area contributed by atoms with E-state index in [1.807, 2.05) is 4.90 Å². The SMILES string of the molecule is Cc1ccc(CN2C[C@H](c3nc(C)no3)CC2=O)cc1. The zero-order valence-electron chi connectivity index (χ0n) is 11.7. The van der Waals surface area contributed by atoms with Crippen LogP contribution in [0.1, 0.15) is 35.2 Å². The molecule has 1 saturated heterocycles. The second-order valence-corrected chi connectivity index (χ2v) is 5.34. The molecule has 0 spiro atoms. The van der Waals surface area contributed by atoms with E-state index in [1.54, 1.807) is 6.92 Å². The van der Waals surface area contributed by atoms with Crippen molar-refractivity contribution in [2.24, 2.45) is 0 Å². The molecule has 0 saturated carbocycles. The zero-order valence-corrected chi connectivity index (χ0v) is 11.7. The molecule has 1 aliphatic rings. The number of likely N-dealkylation sites (tertiary alicyclic amines) is 1. The molecule has 3 rings (SSSR count). The quantitative estimate of drug-likeness (QED) is 0.858. The first-order valence-electron chi connectivity index (χ1n) is 6.75. The van der Waals surface area contributed by atoms with Gasteiger partial charge in [0.1, 0.15) is 0 Å². The number of benzene rings is 1. The van der Waals surface area contributed by atoms with E-state index in [0.29, 0.717) is 31.2 Å². The molecule has 0 unspecified atom stereocenters. The summed E-state index contributed by atoms with van der Waals surface area (Å²) < 4.78 is 5.17. The standard InChI is InChI=1S/C15H17N3O2/c1-10-3-5-12(6-4-10)8-18-9-13(7-14(18)19)15-16-11(2)17-20-15/h3-6,13H,7-9H2,1-2H3/t13-/m1/s1. The van der Waals surface area contributed by atoms with Gasteiger partial charge in [-0.25, -0.2) is 0 Å². The monoisotopic (exact) mass is 271 g/mol. The maximum absolute atomic E-state index is 12.1. The van der Waals surface area contributed by atoms with Gasteiger partial charge in [-0.05, 0) is 19.4 Å². The van der Waals surface area contributed by atoms with E-state index in [0.717, 1.165) is 5.56 Å². The van der Waals surface area contributed by atoms with Crippen molar-refractivity contribution in [3.8, 4) is 0 Å². The van der Waals surface area contributed by atoms with Gasteiger partial charge in [0.2, 0.25) is 11.8 Å². The van der Waals surface area contributed by atoms with Crippen molar-refractivity contribution in [2.75, 3.05) is 6.54 Å². The maximum atomic E-state index is 12.1. The first-order chi connectivity index (χ1) is 9.61. The highest BCUT2D eigenvalue weighted by Gasteiger charge is 2.33. The van der Waals surface area contributed by atoms with Crippen molar-refractivity contribution in [2.45, 2.75) is 32.7 Å². The van der Waals surface area contributed by atoms with Gasteiger partial charge in [-0.2, -0.15) is 4.98 Å². The Balaban J connectivity index is 1.69. The minimum atomic E-state index is 0.0224. The van der Waals surface area contributed by atoms with Gasteiger partial charge in [0.25, 0.3) is 0 Å². The third-order valence-corrected chi connectivity index (χ3v) is 3.60. The Bertz CT molecular complexity index is 618. The second kappa shape index (κ2) is 5.07. The fourth-order valence-corrected chi connectivity index (χ4v) is 2.48. The number of rotatable bonds is 3. The Kier molecular flexibility index (Phi) is 3.26. The van der Waals surface area contributed by atoms with Crippen LogP contribution in [0.15, 0.2) is 28.8 Å². The molecular formula is C15H17N3O2. The van der Waals surface area contributed by atoms with Crippen LogP contribution in [0.4, 0.5) is 0 Å². The van der Waals surface area contributed by atoms with Gasteiger partial charge in [0.05, 0.1) is 5.92 Å². The molecule has 0 radical (unpaired) electrons. The summed E-state index contributed by atoms with van der Waals surface area (Å²) in [6.07, 6.45) is 0.452. The molecule has 1 atom stereocenters. The van der Waals surface area contributed by atoms with Crippen molar-refractivity contribution in [3.05, 3.63) is 47.1 Å². The molecule has 1 fully saturated rings. The van der Waals surface area contributed by atoms with E-state index in [2.05, 4.69) is 41.3 Å². The maximum Gasteiger partial charge on any atom is 0.232 e. The van der Waals surface area contributed by atoms with Crippen LogP contribution < -0.4 is 0 Å². The molecule has 5 heteroatoms. The number of amides is 1. The van der Waals surface area contributed by atoms with Crippen LogP contribution in [0, 0.1) is 13.8 Å². The van der Waals surface area contributed by atoms with E-state index in [-0.39, 0.29) is 11.8 Å². The largest absolute Gasteiger partial charge is 0.339 e. The summed E-state index contributed by atoms with van der Waals surface area (Å²) >= 11 is 0. The van der Waals surface area contributed by atoms with Gasteiger partial charge in [-0.15, -0.1) is 0 Å². The third-order valence-electron chi connectivity index (χ3n) is 3.60. The normalized spacial score (nSPS) is 18.8. The fourth-order valence-electron chi connectivity index (χ4n) is 2.48. The van der Waals surface area contributed by atoms with Crippen molar-refractivity contribution < 1.29 is 9.32 Å². The van der Waals surface area contributed by atoms with Crippen LogP contribution >= 0.6 is 0 Å². The van der Waals surface area contributed by atoms with Crippen LogP contribution in [0.3, 0.4) is 0 Å². The summed E-state index contributed by atoms with van der Waals surface area (Å²) in [6.45, 7) is 5.13. The summed E-state index contributed by atoms with van der Waals surface area (Å²) in [5, 5.41) is 3.79. The van der Waals surface area contributed by atoms with E-state index in [4.69, 9.17) is 4.52 Å². The Morgan fingerprint density at radius 2 is 2.05 bits per heavy atom. The van der Waals surface area contributed by atoms with Gasteiger partial charge in [0.15, 0.2) is 5.82 Å². The predicted octanol–water partition coefficient (Wildman–Crippen LogP) is 2.20. The van der Waals surface area contributed by atoms with E-state index in [1.165, 1.54) is 5.56 Å². The average molecular weight is 271 g/mol. The lowest BCUT2D eigenvalue weighted by Crippen LogP contribution is -2.24. The van der Waals surface area contributed by atoms with Crippen LogP contribution in [0.2, 0.25) is 0 Å². The van der Waals surface area contributed by atoms with Gasteiger partial charge < -0.3 is 9.42 Å². The summed E-state index contributed by atoms with van der Waals surface area (Å²) in [5.41, 5.74) is 2.37. The molecular weight excluding hydrogens is 254 g/mol. The summed E-state index contributed by atoms with van der Waals surface area (Å²) in [7, 11) is 0. The van der Waals surface area contributed by atoms with Gasteiger partial charge in [-0.1, -0.05) is 35.0 Å². The lowest BCUT2D eigenvalue weighted by molar-refractivity contribution is -0.128. The highest BCUT2D eigenvalue weighted by molar-refractivity contribution is 5.79. The zero-order chi connectivity index (χ0) is 14.1. The molecule has 0 aliphatic carbocycles. The first kappa shape index (κ1) is 12.8. The number of hydrogen-bond donors (Lipinski definition) is 0. The number of carbonyl (C=O) groups excluding carboxylic acids is 1. The molecule has 0 bridgehead atoms. The number of hydrogen-bond acceptors (Lipinski definition) is 4. The molecule has 1 aromatic heterocycles. The molecule has 104 valence electrons. The topological polar surface area (TPSA) is 59.2 Å². The Morgan fingerprint density at radius 3 is 2.70 bits per heavy atom. The van der Waals surface area contributed by atoms with Crippen molar-refractivity contribution in [1.82, 2.24) is 15.0 Å². The summed E-state index contributed by atoms with van der Waals surface area (Å²) in [5.74, 6) is 1.35. The van der Waals surface area contributed by atoms with Crippen molar-refractivity contribution in [1.29, 1.82) is 0 Å². The predicted molar refractivity (Wildman–Crippen MR) is 73.0 cm³/mol. The Labute approximate surface area is 117 Å². The smallest absolute Gasteiger partial charge is 0.232 e. The molecule has 1 amide bonds. The second-order valence-electron chi connectivity index (χ2n) is 5.34. The third kappa shape index (κ3) is 2.57. The van der Waals surface area contributed by atoms with Crippen LogP contribution in [-0.2, 0) is 11.3 Å². The van der Waals surface area contributed by atoms with Crippen LogP contribution in [0.5, 0.6) is 0 Å². The van der Waals surface area contributed by atoms with Gasteiger partial charge in [0, 0.05) is 19.5 Å². The molecule has 20 heavy (non-hydrogen) atoms. The number of aryl methyl sites for hydroxylation is 2. The molecule has 2 aromatic rings. The van der Waals surface area contributed by atoms with Gasteiger partial charge >= 0.3 is 0 Å². The van der Waals surface area contributed by atoms with E-state index in [9.17, 15) is 4.79 Å². The highest BCUT2D eigenvalue weighted by Crippen LogP contribution is 2.28. The minimum absolute atomic E-state index is 0.0224. The summed E-state index contributed by atoms with van der Waals surface area (Å²) in [4.78, 5) is 18.2. The van der Waals surface area contributed by atoms with Gasteiger partial charge in [-0.3, -0.25) is 4.79 Å². The Hall–Kier alpha value is -2.17. The Morgan fingerprint density at radius 1 is 1.30 bits per heavy atom. The van der Waals surface area contributed by atoms with Crippen molar-refractivity contribution in [3.63, 3.8) is 0 Å². The molecule has 5 nitrogen and oxygen atoms in total. The van der Waals surface area contributed by atoms with Crippen LogP contribution in [0.25, 0.3) is 0 Å². The minimum Gasteiger partial charge on any atom is -0.339 e. The van der Waals surface area contributed by atoms with E-state index >= 15 is 0 Å². The highest BCUT2D eigenvalue weighted by atomic mass is 16.5. The fraction of sp³-hybridized carbons (Fsp3) is 0.400. The molecule has 2 heterocycles. The summed E-state index contributed by atoms with van der Waals surface area (Å²) in [6, 6.07) is 8.25. The first-order valence-corrected chi connectivity index (χ1v) is 6.75. The molecule has 0 N–H and O–H groups in total. The lowest BCUT2D eigenvalue weighted by atomic mass is 10.1. The van der Waals surface area contributed by atoms with E-state index < -0.39 is 0 Å². The van der Waals surface area contributed by atoms with Crippen molar-refractivity contribution >= 4 is 5.91 Å².